The standard InChI is InChI=1S/C29H38N2O5/c1-7-29(6,21(4)5)24-11-13-25(14-12-24)35-17-15-30-26(32)22-9-8-10-23(19-22)27(33)31-16-18-36-28(34)20(2)3/h8-14,19,21H,2,7,15-18H2,1,3-6H3,(H,30,32)(H,31,33). The van der Waals surface area contributed by atoms with E-state index < -0.39 is 5.97 Å². The summed E-state index contributed by atoms with van der Waals surface area (Å²) in [6.45, 7) is 14.9. The fourth-order valence-electron chi connectivity index (χ4n) is 3.65. The number of carbonyl (C=O) groups excluding carboxylic acids is 3. The summed E-state index contributed by atoms with van der Waals surface area (Å²) in [6.07, 6.45) is 1.06. The number of ether oxygens (including phenoxy) is 2. The monoisotopic (exact) mass is 494 g/mol. The van der Waals surface area contributed by atoms with Crippen molar-refractivity contribution in [3.05, 3.63) is 77.4 Å². The summed E-state index contributed by atoms with van der Waals surface area (Å²) in [5.74, 6) is 0.117. The molecule has 2 aromatic carbocycles. The first-order valence-corrected chi connectivity index (χ1v) is 12.3. The highest BCUT2D eigenvalue weighted by atomic mass is 16.5. The number of hydrogen-bond acceptors (Lipinski definition) is 5. The van der Waals surface area contributed by atoms with Gasteiger partial charge in [0.25, 0.3) is 11.8 Å². The van der Waals surface area contributed by atoms with E-state index in [9.17, 15) is 14.4 Å². The predicted molar refractivity (Wildman–Crippen MR) is 141 cm³/mol. The van der Waals surface area contributed by atoms with Crippen LogP contribution >= 0.6 is 0 Å². The van der Waals surface area contributed by atoms with Crippen LogP contribution in [0.5, 0.6) is 5.75 Å². The third-order valence-electron chi connectivity index (χ3n) is 6.54. The minimum atomic E-state index is -0.505. The molecular formula is C29H38N2O5. The maximum atomic E-state index is 12.5. The van der Waals surface area contributed by atoms with Crippen LogP contribution in [0.4, 0.5) is 0 Å². The fourth-order valence-corrected chi connectivity index (χ4v) is 3.65. The van der Waals surface area contributed by atoms with Gasteiger partial charge in [0.05, 0.1) is 13.1 Å². The number of carbonyl (C=O) groups is 3. The van der Waals surface area contributed by atoms with Crippen molar-refractivity contribution in [3.63, 3.8) is 0 Å². The summed E-state index contributed by atoms with van der Waals surface area (Å²) >= 11 is 0. The van der Waals surface area contributed by atoms with Gasteiger partial charge in [0, 0.05) is 16.7 Å². The van der Waals surface area contributed by atoms with Crippen LogP contribution in [0.15, 0.2) is 60.7 Å². The molecule has 0 bridgehead atoms. The van der Waals surface area contributed by atoms with Crippen LogP contribution in [0.3, 0.4) is 0 Å². The average molecular weight is 495 g/mol. The predicted octanol–water partition coefficient (Wildman–Crippen LogP) is 4.67. The fraction of sp³-hybridized carbons (Fsp3) is 0.414. The lowest BCUT2D eigenvalue weighted by atomic mass is 9.71. The Balaban J connectivity index is 1.80. The zero-order valence-electron chi connectivity index (χ0n) is 22.0. The molecule has 0 saturated carbocycles. The number of esters is 1. The highest BCUT2D eigenvalue weighted by molar-refractivity contribution is 5.99. The second kappa shape index (κ2) is 13.5. The van der Waals surface area contributed by atoms with Gasteiger partial charge in [-0.1, -0.05) is 52.5 Å². The molecule has 0 aliphatic rings. The van der Waals surface area contributed by atoms with Crippen LogP contribution in [-0.4, -0.2) is 44.1 Å². The van der Waals surface area contributed by atoms with Crippen LogP contribution in [0, 0.1) is 5.92 Å². The normalized spacial score (nSPS) is 12.4. The lowest BCUT2D eigenvalue weighted by molar-refractivity contribution is -0.138. The molecule has 194 valence electrons. The SMILES string of the molecule is C=C(C)C(=O)OCCNC(=O)c1cccc(C(=O)NCCOc2ccc(C(C)(CC)C(C)C)cc2)c1. The first-order valence-electron chi connectivity index (χ1n) is 12.3. The van der Waals surface area contributed by atoms with E-state index in [-0.39, 0.29) is 30.4 Å². The van der Waals surface area contributed by atoms with Crippen molar-refractivity contribution in [2.75, 3.05) is 26.3 Å². The molecule has 0 aliphatic carbocycles. The van der Waals surface area contributed by atoms with E-state index in [4.69, 9.17) is 9.47 Å². The summed E-state index contributed by atoms with van der Waals surface area (Å²) in [5.41, 5.74) is 2.41. The highest BCUT2D eigenvalue weighted by Crippen LogP contribution is 2.35. The lowest BCUT2D eigenvalue weighted by Gasteiger charge is -2.33. The Morgan fingerprint density at radius 2 is 1.50 bits per heavy atom. The molecule has 2 N–H and O–H groups in total. The van der Waals surface area contributed by atoms with Gasteiger partial charge in [-0.2, -0.15) is 0 Å². The Morgan fingerprint density at radius 3 is 2.00 bits per heavy atom. The number of hydrogen-bond donors (Lipinski definition) is 2. The van der Waals surface area contributed by atoms with Gasteiger partial charge >= 0.3 is 5.97 Å². The molecule has 36 heavy (non-hydrogen) atoms. The average Bonchev–Trinajstić information content (AvgIpc) is 2.88. The van der Waals surface area contributed by atoms with Crippen LogP contribution in [-0.2, 0) is 14.9 Å². The molecule has 1 unspecified atom stereocenters. The van der Waals surface area contributed by atoms with Crippen molar-refractivity contribution in [1.29, 1.82) is 0 Å². The molecule has 1 atom stereocenters. The van der Waals surface area contributed by atoms with Crippen molar-refractivity contribution < 1.29 is 23.9 Å². The number of amides is 2. The van der Waals surface area contributed by atoms with Gasteiger partial charge in [-0.15, -0.1) is 0 Å². The zero-order chi connectivity index (χ0) is 26.7. The molecule has 2 aromatic rings. The van der Waals surface area contributed by atoms with E-state index >= 15 is 0 Å². The quantitative estimate of drug-likeness (QED) is 0.240. The van der Waals surface area contributed by atoms with Crippen LogP contribution in [0.2, 0.25) is 0 Å². The number of benzene rings is 2. The van der Waals surface area contributed by atoms with E-state index in [1.807, 2.05) is 12.1 Å². The van der Waals surface area contributed by atoms with Crippen LogP contribution in [0.25, 0.3) is 0 Å². The maximum absolute atomic E-state index is 12.5. The van der Waals surface area contributed by atoms with E-state index in [0.717, 1.165) is 12.2 Å². The molecule has 2 rings (SSSR count). The van der Waals surface area contributed by atoms with Crippen molar-refractivity contribution in [1.82, 2.24) is 10.6 Å². The Hall–Kier alpha value is -3.61. The van der Waals surface area contributed by atoms with Gasteiger partial charge < -0.3 is 20.1 Å². The molecule has 2 amide bonds. The topological polar surface area (TPSA) is 93.7 Å². The summed E-state index contributed by atoms with van der Waals surface area (Å²) in [5, 5.41) is 5.46. The van der Waals surface area contributed by atoms with E-state index in [1.54, 1.807) is 25.1 Å². The molecule has 7 nitrogen and oxygen atoms in total. The molecule has 0 saturated heterocycles. The third-order valence-corrected chi connectivity index (χ3v) is 6.54. The van der Waals surface area contributed by atoms with Gasteiger partial charge in [-0.05, 0) is 60.6 Å². The summed E-state index contributed by atoms with van der Waals surface area (Å²) < 4.78 is 10.7. The van der Waals surface area contributed by atoms with Crippen LogP contribution < -0.4 is 15.4 Å². The first-order chi connectivity index (χ1) is 17.1. The maximum Gasteiger partial charge on any atom is 0.333 e. The third kappa shape index (κ3) is 7.97. The summed E-state index contributed by atoms with van der Waals surface area (Å²) in [6, 6.07) is 14.6. The van der Waals surface area contributed by atoms with Gasteiger partial charge in [0.1, 0.15) is 19.0 Å². The minimum absolute atomic E-state index is 0.0377. The molecule has 0 heterocycles. The molecule has 0 spiro atoms. The summed E-state index contributed by atoms with van der Waals surface area (Å²) in [7, 11) is 0. The number of nitrogens with one attached hydrogen (secondary N) is 2. The van der Waals surface area contributed by atoms with Gasteiger partial charge in [-0.25, -0.2) is 4.79 Å². The Labute approximate surface area is 214 Å². The lowest BCUT2D eigenvalue weighted by Crippen LogP contribution is -2.30. The van der Waals surface area contributed by atoms with E-state index in [0.29, 0.717) is 35.8 Å². The highest BCUT2D eigenvalue weighted by Gasteiger charge is 2.28. The van der Waals surface area contributed by atoms with Gasteiger partial charge in [-0.3, -0.25) is 9.59 Å². The Morgan fingerprint density at radius 1 is 0.944 bits per heavy atom. The van der Waals surface area contributed by atoms with E-state index in [1.165, 1.54) is 11.6 Å². The second-order valence-electron chi connectivity index (χ2n) is 9.31. The minimum Gasteiger partial charge on any atom is -0.492 e. The second-order valence-corrected chi connectivity index (χ2v) is 9.31. The first kappa shape index (κ1) is 28.6. The number of rotatable bonds is 13. The molecule has 0 fully saturated rings. The molecule has 0 radical (unpaired) electrons. The van der Waals surface area contributed by atoms with Crippen LogP contribution in [0.1, 0.15) is 67.3 Å². The molecule has 0 aliphatic heterocycles. The summed E-state index contributed by atoms with van der Waals surface area (Å²) in [4.78, 5) is 36.2. The van der Waals surface area contributed by atoms with E-state index in [2.05, 4.69) is 57.0 Å². The van der Waals surface area contributed by atoms with Crippen molar-refractivity contribution in [2.45, 2.75) is 46.5 Å². The van der Waals surface area contributed by atoms with Crippen molar-refractivity contribution in [2.24, 2.45) is 5.92 Å². The Bertz CT molecular complexity index is 1060. The van der Waals surface area contributed by atoms with Gasteiger partial charge in [0.2, 0.25) is 0 Å². The van der Waals surface area contributed by atoms with Gasteiger partial charge in [0.15, 0.2) is 0 Å². The van der Waals surface area contributed by atoms with Crippen molar-refractivity contribution in [3.8, 4) is 5.75 Å². The molecule has 7 heteroatoms. The Kier molecular flexibility index (Phi) is 10.7. The smallest absolute Gasteiger partial charge is 0.333 e. The molecular weight excluding hydrogens is 456 g/mol. The largest absolute Gasteiger partial charge is 0.492 e. The zero-order valence-corrected chi connectivity index (χ0v) is 22.0. The molecule has 0 aromatic heterocycles. The van der Waals surface area contributed by atoms with Crippen molar-refractivity contribution >= 4 is 17.8 Å².